The van der Waals surface area contributed by atoms with E-state index in [9.17, 15) is 9.59 Å². The average molecular weight is 634 g/mol. The highest BCUT2D eigenvalue weighted by Crippen LogP contribution is 2.29. The number of nitrogens with zero attached hydrogens (tertiary/aromatic N) is 6. The molecular formula is C25H25Cl2N9O7. The Hall–Kier alpha value is -5.22. The van der Waals surface area contributed by atoms with E-state index < -0.39 is 11.9 Å². The zero-order valence-electron chi connectivity index (χ0n) is 23.3. The predicted octanol–water partition coefficient (Wildman–Crippen LogP) is 3.46. The van der Waals surface area contributed by atoms with Crippen molar-refractivity contribution in [3.8, 4) is 23.3 Å². The van der Waals surface area contributed by atoms with E-state index in [2.05, 4.69) is 45.7 Å². The van der Waals surface area contributed by atoms with E-state index in [0.29, 0.717) is 40.4 Å². The fourth-order valence-corrected chi connectivity index (χ4v) is 3.52. The molecule has 0 spiro atoms. The molecule has 0 unspecified atom stereocenters. The molecule has 0 aliphatic rings. The van der Waals surface area contributed by atoms with Gasteiger partial charge in [-0.05, 0) is 24.3 Å². The monoisotopic (exact) mass is 633 g/mol. The number of carbonyl (C=O) groups excluding carboxylic acids is 2. The molecule has 0 fully saturated rings. The van der Waals surface area contributed by atoms with Gasteiger partial charge in [0.15, 0.2) is 33.2 Å². The number of nitrogens with one attached hydrogen (secondary N) is 2. The Bertz CT molecular complexity index is 1610. The lowest BCUT2D eigenvalue weighted by molar-refractivity contribution is 0.0594. The van der Waals surface area contributed by atoms with Gasteiger partial charge in [0.1, 0.15) is 11.6 Å². The van der Waals surface area contributed by atoms with E-state index in [-0.39, 0.29) is 27.6 Å². The van der Waals surface area contributed by atoms with Gasteiger partial charge in [-0.1, -0.05) is 23.2 Å². The fourth-order valence-electron chi connectivity index (χ4n) is 3.23. The molecule has 18 heteroatoms. The molecule has 4 N–H and O–H groups in total. The van der Waals surface area contributed by atoms with Crippen molar-refractivity contribution in [2.24, 2.45) is 5.73 Å². The smallest absolute Gasteiger partial charge is 0.360 e. The molecule has 0 saturated heterocycles. The third-order valence-corrected chi connectivity index (χ3v) is 5.51. The first-order valence-corrected chi connectivity index (χ1v) is 12.6. The van der Waals surface area contributed by atoms with Crippen molar-refractivity contribution >= 4 is 58.1 Å². The van der Waals surface area contributed by atoms with Gasteiger partial charge in [0.05, 0.1) is 46.9 Å². The van der Waals surface area contributed by atoms with E-state index >= 15 is 0 Å². The molecule has 0 saturated carbocycles. The third-order valence-electron chi connectivity index (χ3n) is 5.14. The van der Waals surface area contributed by atoms with Gasteiger partial charge in [-0.25, -0.2) is 4.79 Å². The number of esters is 1. The molecule has 4 aromatic heterocycles. The molecule has 0 bridgehead atoms. The lowest BCUT2D eigenvalue weighted by atomic mass is 10.3. The van der Waals surface area contributed by atoms with Crippen LogP contribution in [0.3, 0.4) is 0 Å². The van der Waals surface area contributed by atoms with Crippen molar-refractivity contribution < 1.29 is 33.3 Å². The summed E-state index contributed by atoms with van der Waals surface area (Å²) in [5.74, 6) is 0.966. The number of ether oxygens (including phenoxy) is 5. The van der Waals surface area contributed by atoms with Crippen LogP contribution in [0.15, 0.2) is 36.4 Å². The number of hydrogen-bond acceptors (Lipinski definition) is 15. The number of nitrogens with two attached hydrogens (primary N) is 1. The minimum atomic E-state index is -0.734. The molecule has 0 atom stereocenters. The highest BCUT2D eigenvalue weighted by atomic mass is 35.5. The summed E-state index contributed by atoms with van der Waals surface area (Å²) < 4.78 is 25.1. The Morgan fingerprint density at radius 3 is 1.51 bits per heavy atom. The minimum absolute atomic E-state index is 0.0107. The third kappa shape index (κ3) is 8.40. The van der Waals surface area contributed by atoms with Gasteiger partial charge in [-0.3, -0.25) is 4.79 Å². The zero-order valence-corrected chi connectivity index (χ0v) is 24.9. The summed E-state index contributed by atoms with van der Waals surface area (Å²) in [4.78, 5) is 31.4. The number of carbonyl (C=O) groups is 2. The largest absolute Gasteiger partial charge is 0.491 e. The Morgan fingerprint density at radius 1 is 0.674 bits per heavy atom. The summed E-state index contributed by atoms with van der Waals surface area (Å²) in [6.07, 6.45) is 0. The summed E-state index contributed by atoms with van der Waals surface area (Å²) >= 11 is 11.6. The summed E-state index contributed by atoms with van der Waals surface area (Å²) in [7, 11) is 7.20. The van der Waals surface area contributed by atoms with Crippen LogP contribution >= 0.6 is 23.2 Å². The molecule has 0 aliphatic heterocycles. The molecule has 4 aromatic rings. The van der Waals surface area contributed by atoms with Gasteiger partial charge in [0.25, 0.3) is 17.7 Å². The molecule has 226 valence electrons. The van der Waals surface area contributed by atoms with Crippen molar-refractivity contribution in [3.05, 3.63) is 58.1 Å². The summed E-state index contributed by atoms with van der Waals surface area (Å²) in [5, 5.41) is 20.6. The maximum absolute atomic E-state index is 11.7. The van der Waals surface area contributed by atoms with Crippen molar-refractivity contribution in [2.45, 2.75) is 0 Å². The lowest BCUT2D eigenvalue weighted by Gasteiger charge is -2.11. The molecular weight excluding hydrogens is 609 g/mol. The highest BCUT2D eigenvalue weighted by Gasteiger charge is 2.17. The molecule has 16 nitrogen and oxygen atoms in total. The topological polar surface area (TPSA) is 208 Å². The van der Waals surface area contributed by atoms with Gasteiger partial charge in [-0.15, -0.1) is 20.4 Å². The van der Waals surface area contributed by atoms with Crippen molar-refractivity contribution in [1.82, 2.24) is 30.4 Å². The first-order chi connectivity index (χ1) is 20.6. The van der Waals surface area contributed by atoms with Crippen molar-refractivity contribution in [2.75, 3.05) is 46.2 Å². The van der Waals surface area contributed by atoms with Crippen LogP contribution in [0.5, 0.6) is 23.3 Å². The van der Waals surface area contributed by atoms with E-state index in [1.807, 2.05) is 0 Å². The highest BCUT2D eigenvalue weighted by molar-refractivity contribution is 6.30. The van der Waals surface area contributed by atoms with Crippen LogP contribution in [-0.2, 0) is 4.74 Å². The van der Waals surface area contributed by atoms with Gasteiger partial charge < -0.3 is 40.1 Å². The second-order valence-corrected chi connectivity index (χ2v) is 8.56. The average Bonchev–Trinajstić information content (AvgIpc) is 3.00. The Morgan fingerprint density at radius 2 is 1.12 bits per heavy atom. The summed E-state index contributed by atoms with van der Waals surface area (Å²) in [6.45, 7) is 0. The second-order valence-electron chi connectivity index (χ2n) is 7.78. The molecule has 4 heterocycles. The predicted molar refractivity (Wildman–Crippen MR) is 155 cm³/mol. The minimum Gasteiger partial charge on any atom is -0.491 e. The number of aromatic nitrogens is 6. The number of hydrogen-bond donors (Lipinski definition) is 3. The Labute approximate surface area is 254 Å². The Balaban J connectivity index is 0.000000236. The number of anilines is 4. The van der Waals surface area contributed by atoms with Crippen LogP contribution in [-0.4, -0.2) is 77.8 Å². The van der Waals surface area contributed by atoms with Crippen molar-refractivity contribution in [1.29, 1.82) is 0 Å². The number of amides is 1. The van der Waals surface area contributed by atoms with E-state index in [1.54, 1.807) is 24.3 Å². The molecule has 4 rings (SSSR count). The standard InChI is InChI=1S/C13H13ClN4O4.C12H12ClN5O3/c1-20-8-4-5-10(16-12(8)21-2)15-7-6-9(14)17-18-11(7)13(19)22-3;1-20-7-3-4-9(16-12(7)21-2)15-6-5-8(13)17-18-10(6)11(14)19/h4-6H,1-3H3,(H,15,16,17);3-5H,1-2H3,(H2,14,19)(H,15,16,17). The first-order valence-electron chi connectivity index (χ1n) is 11.8. The number of halogens is 2. The van der Waals surface area contributed by atoms with Gasteiger partial charge in [0.2, 0.25) is 0 Å². The molecule has 0 radical (unpaired) electrons. The zero-order chi connectivity index (χ0) is 31.5. The quantitative estimate of drug-likeness (QED) is 0.213. The fraction of sp³-hybridized carbons (Fsp3) is 0.200. The maximum atomic E-state index is 11.7. The van der Waals surface area contributed by atoms with Crippen LogP contribution in [0, 0.1) is 0 Å². The van der Waals surface area contributed by atoms with Crippen LogP contribution in [0.1, 0.15) is 21.0 Å². The van der Waals surface area contributed by atoms with Crippen LogP contribution in [0.4, 0.5) is 23.0 Å². The molecule has 1 amide bonds. The summed E-state index contributed by atoms with van der Waals surface area (Å²) in [6, 6.07) is 9.49. The number of methoxy groups -OCH3 is 5. The lowest BCUT2D eigenvalue weighted by Crippen LogP contribution is -2.16. The van der Waals surface area contributed by atoms with Crippen LogP contribution in [0.25, 0.3) is 0 Å². The van der Waals surface area contributed by atoms with Gasteiger partial charge in [-0.2, -0.15) is 9.97 Å². The van der Waals surface area contributed by atoms with Gasteiger partial charge in [0, 0.05) is 12.1 Å². The normalized spacial score (nSPS) is 10.0. The van der Waals surface area contributed by atoms with E-state index in [0.717, 1.165) is 0 Å². The van der Waals surface area contributed by atoms with Crippen molar-refractivity contribution in [3.63, 3.8) is 0 Å². The first kappa shape index (κ1) is 32.3. The van der Waals surface area contributed by atoms with E-state index in [4.69, 9.17) is 47.9 Å². The number of rotatable bonds is 10. The Kier molecular flexibility index (Phi) is 11.4. The molecule has 43 heavy (non-hydrogen) atoms. The SMILES string of the molecule is COC(=O)c1nnc(Cl)cc1Nc1ccc(OC)c(OC)n1.COc1ccc(Nc2cc(Cl)nnc2C(N)=O)nc1OC. The summed E-state index contributed by atoms with van der Waals surface area (Å²) in [5.41, 5.74) is 5.78. The van der Waals surface area contributed by atoms with Gasteiger partial charge >= 0.3 is 5.97 Å². The van der Waals surface area contributed by atoms with E-state index in [1.165, 1.54) is 47.7 Å². The number of pyridine rings is 2. The van der Waals surface area contributed by atoms with Crippen LogP contribution < -0.4 is 35.3 Å². The second kappa shape index (κ2) is 15.1. The van der Waals surface area contributed by atoms with Crippen LogP contribution in [0.2, 0.25) is 10.3 Å². The number of primary amides is 1. The molecule has 0 aromatic carbocycles. The molecule has 0 aliphatic carbocycles. The maximum Gasteiger partial charge on any atom is 0.360 e.